The lowest BCUT2D eigenvalue weighted by molar-refractivity contribution is -0.230. The van der Waals surface area contributed by atoms with Gasteiger partial charge in [-0.3, -0.25) is 0 Å². The molecule has 9 nitrogen and oxygen atoms in total. The van der Waals surface area contributed by atoms with E-state index in [1.165, 1.54) is 5.39 Å². The molecule has 3 saturated heterocycles. The molecule has 4 aromatic rings. The van der Waals surface area contributed by atoms with Crippen LogP contribution in [0.3, 0.4) is 0 Å². The molecule has 0 bridgehead atoms. The minimum absolute atomic E-state index is 0.183. The van der Waals surface area contributed by atoms with Crippen LogP contribution in [0.4, 0.5) is 0 Å². The number of carbonyl (C=O) groups excluding carboxylic acids is 1. The highest BCUT2D eigenvalue weighted by Crippen LogP contribution is 2.55. The number of ether oxygens (including phenoxy) is 6. The molecule has 10 heteroatoms. The van der Waals surface area contributed by atoms with Crippen LogP contribution in [0.15, 0.2) is 116 Å². The van der Waals surface area contributed by atoms with E-state index in [4.69, 9.17) is 37.3 Å². The van der Waals surface area contributed by atoms with Gasteiger partial charge in [0.1, 0.15) is 30.7 Å². The minimum atomic E-state index is -2.77. The van der Waals surface area contributed by atoms with Gasteiger partial charge in [0.15, 0.2) is 0 Å². The van der Waals surface area contributed by atoms with Crippen LogP contribution in [0.1, 0.15) is 77.5 Å². The van der Waals surface area contributed by atoms with E-state index in [2.05, 4.69) is 90.6 Å². The van der Waals surface area contributed by atoms with Crippen LogP contribution in [0.2, 0.25) is 10.1 Å². The largest absolute Gasteiger partial charge is 0.391 e. The third-order valence-corrected chi connectivity index (χ3v) is 17.3. The normalized spacial score (nSPS) is 27.5. The summed E-state index contributed by atoms with van der Waals surface area (Å²) in [7, 11) is -2.77. The Morgan fingerprint density at radius 3 is 1.97 bits per heavy atom. The molecule has 60 heavy (non-hydrogen) atoms. The molecule has 0 aromatic heterocycles. The number of benzene rings is 4. The molecule has 0 radical (unpaired) electrons. The monoisotopic (exact) mass is 836 g/mol. The van der Waals surface area contributed by atoms with E-state index in [-0.39, 0.29) is 34.8 Å². The Balaban J connectivity index is 1.11. The third kappa shape index (κ3) is 10.5. The topological polar surface area (TPSA) is 90.9 Å². The maximum atomic E-state index is 13.1. The predicted octanol–water partition coefficient (Wildman–Crippen LogP) is 9.83. The second-order valence-electron chi connectivity index (χ2n) is 18.6. The fourth-order valence-electron chi connectivity index (χ4n) is 9.27. The van der Waals surface area contributed by atoms with Gasteiger partial charge in [-0.25, -0.2) is 0 Å². The molecule has 9 atom stereocenters. The van der Waals surface area contributed by atoms with Gasteiger partial charge in [-0.15, -0.1) is 6.58 Å². The molecule has 3 aliphatic heterocycles. The molecule has 0 amide bonds. The summed E-state index contributed by atoms with van der Waals surface area (Å²) in [6.07, 6.45) is 0.142. The highest BCUT2D eigenvalue weighted by molar-refractivity contribution is 6.73. The van der Waals surface area contributed by atoms with Crippen molar-refractivity contribution in [2.45, 2.75) is 146 Å². The van der Waals surface area contributed by atoms with Gasteiger partial charge in [0.2, 0.25) is 0 Å². The summed E-state index contributed by atoms with van der Waals surface area (Å²) in [6, 6.07) is 34.9. The molecule has 0 spiro atoms. The second-order valence-corrected chi connectivity index (χ2v) is 23.4. The minimum Gasteiger partial charge on any atom is -0.391 e. The van der Waals surface area contributed by atoms with Crippen LogP contribution < -0.4 is 0 Å². The van der Waals surface area contributed by atoms with Crippen molar-refractivity contribution in [3.63, 3.8) is 0 Å². The van der Waals surface area contributed by atoms with Gasteiger partial charge >= 0.3 is 8.56 Å². The third-order valence-electron chi connectivity index (χ3n) is 12.1. The fourth-order valence-corrected chi connectivity index (χ4v) is 14.2. The number of hydrogen-bond acceptors (Lipinski definition) is 9. The van der Waals surface area contributed by atoms with Gasteiger partial charge in [-0.1, -0.05) is 145 Å². The van der Waals surface area contributed by atoms with E-state index in [1.807, 2.05) is 60.7 Å². The van der Waals surface area contributed by atoms with Crippen molar-refractivity contribution in [1.29, 1.82) is 0 Å². The average molecular weight is 837 g/mol. The van der Waals surface area contributed by atoms with E-state index in [0.717, 1.165) is 28.4 Å². The molecule has 0 aliphatic carbocycles. The van der Waals surface area contributed by atoms with Crippen LogP contribution in [0, 0.1) is 0 Å². The summed E-state index contributed by atoms with van der Waals surface area (Å²) >= 11 is 0. The highest BCUT2D eigenvalue weighted by Gasteiger charge is 2.63. The molecule has 3 aliphatic rings. The first-order chi connectivity index (χ1) is 28.9. The Kier molecular flexibility index (Phi) is 14.6. The van der Waals surface area contributed by atoms with Gasteiger partial charge in [0.05, 0.1) is 63.6 Å². The highest BCUT2D eigenvalue weighted by atomic mass is 28.4. The molecule has 3 fully saturated rings. The van der Waals surface area contributed by atoms with Crippen LogP contribution in [0.5, 0.6) is 0 Å². The van der Waals surface area contributed by atoms with Gasteiger partial charge in [-0.05, 0) is 33.5 Å². The quantitative estimate of drug-likeness (QED) is 0.0622. The van der Waals surface area contributed by atoms with Crippen LogP contribution in [-0.2, 0) is 61.9 Å². The summed E-state index contributed by atoms with van der Waals surface area (Å²) < 4.78 is 53.7. The Bertz CT molecular complexity index is 1960. The molecule has 7 rings (SSSR count). The van der Waals surface area contributed by atoms with Gasteiger partial charge in [-0.2, -0.15) is 0 Å². The molecule has 0 saturated carbocycles. The Labute approximate surface area is 357 Å². The van der Waals surface area contributed by atoms with Crippen molar-refractivity contribution < 1.29 is 42.1 Å². The number of hydrogen-bond donors (Lipinski definition) is 0. The van der Waals surface area contributed by atoms with Crippen molar-refractivity contribution in [2.24, 2.45) is 0 Å². The van der Waals surface area contributed by atoms with E-state index in [0.29, 0.717) is 45.9 Å². The zero-order valence-electron chi connectivity index (χ0n) is 36.2. The summed E-state index contributed by atoms with van der Waals surface area (Å²) in [5, 5.41) is 1.95. The Hall–Kier alpha value is -3.55. The van der Waals surface area contributed by atoms with Crippen LogP contribution in [-0.4, -0.2) is 83.0 Å². The van der Waals surface area contributed by atoms with Crippen molar-refractivity contribution in [3.05, 3.63) is 132 Å². The van der Waals surface area contributed by atoms with Crippen molar-refractivity contribution in [2.75, 3.05) is 13.2 Å². The zero-order valence-corrected chi connectivity index (χ0v) is 37.2. The number of rotatable bonds is 16. The molecular weight excluding hydrogens is 773 g/mol. The molecule has 1 unspecified atom stereocenters. The maximum Gasteiger partial charge on any atom is 0.349 e. The van der Waals surface area contributed by atoms with Gasteiger partial charge < -0.3 is 42.1 Å². The lowest BCUT2D eigenvalue weighted by Gasteiger charge is -2.56. The summed E-state index contributed by atoms with van der Waals surface area (Å²) in [4.78, 5) is 13.1. The van der Waals surface area contributed by atoms with Gasteiger partial charge in [0.25, 0.3) is 0 Å². The van der Waals surface area contributed by atoms with E-state index >= 15 is 0 Å². The fraction of sp³-hybridized carbons (Fsp3) is 0.500. The second kappa shape index (κ2) is 19.7. The number of aldehydes is 1. The summed E-state index contributed by atoms with van der Waals surface area (Å²) in [6.45, 7) is 19.3. The molecule has 3 heterocycles. The molecule has 4 aromatic carbocycles. The first kappa shape index (κ1) is 44.5. The summed E-state index contributed by atoms with van der Waals surface area (Å²) in [5.74, 6) is 0. The maximum absolute atomic E-state index is 13.1. The van der Waals surface area contributed by atoms with E-state index in [9.17, 15) is 4.79 Å². The Morgan fingerprint density at radius 2 is 1.32 bits per heavy atom. The van der Waals surface area contributed by atoms with E-state index in [1.54, 1.807) is 6.08 Å². The van der Waals surface area contributed by atoms with Crippen molar-refractivity contribution in [1.82, 2.24) is 0 Å². The number of fused-ring (bicyclic) bond motifs is 2. The first-order valence-electron chi connectivity index (χ1n) is 21.6. The average Bonchev–Trinajstić information content (AvgIpc) is 3.24. The summed E-state index contributed by atoms with van der Waals surface area (Å²) in [5.41, 5.74) is 3.19. The van der Waals surface area contributed by atoms with Gasteiger partial charge in [0, 0.05) is 29.3 Å². The van der Waals surface area contributed by atoms with Crippen molar-refractivity contribution >= 4 is 25.6 Å². The smallest absolute Gasteiger partial charge is 0.349 e. The SMILES string of the molecule is C=C[C@@H]1O[C@@H]2CO[Si](C(C)(C)C)(C(C)(C)C)O[C@H]2C[C@H]1OC(C=O)C[C@H]1O[C@@H](COCc2ccccc2)[C@H](OCc2ccccc2)C[C@@H]1OCc1ccc2ccccc2c1. The van der Waals surface area contributed by atoms with Crippen LogP contribution in [0.25, 0.3) is 10.8 Å². The predicted molar refractivity (Wildman–Crippen MR) is 236 cm³/mol. The first-order valence-corrected chi connectivity index (χ1v) is 23.4. The lowest BCUT2D eigenvalue weighted by atomic mass is 9.94. The Morgan fingerprint density at radius 1 is 0.700 bits per heavy atom. The molecular formula is C50H64O9Si. The van der Waals surface area contributed by atoms with Crippen molar-refractivity contribution in [3.8, 4) is 0 Å². The van der Waals surface area contributed by atoms with Crippen LogP contribution >= 0.6 is 0 Å². The molecule has 0 N–H and O–H groups in total. The standard InChI is InChI=1S/C50H64O9Si/c1-8-41-45(28-46-48(57-41)34-55-60(59-46,49(2,3)4)50(5,6)7)56-40(29-51)26-44-42(54-32-37-23-24-38-21-15-16-22-39(38)25-37)27-43(53-31-36-19-13-10-14-20-36)47(58-44)33-52-30-35-17-11-9-12-18-35/h8-25,29,40-48H,1,26-28,30-34H2,2-7H3/t40?,41-,42-,43+,44+,45+,46-,47-,48+/m0/s1. The van der Waals surface area contributed by atoms with E-state index < -0.39 is 45.2 Å². The zero-order chi connectivity index (χ0) is 42.3. The lowest BCUT2D eigenvalue weighted by Crippen LogP contribution is -2.67. The number of carbonyl (C=O) groups is 1. The molecule has 322 valence electrons.